The molecule has 24 heavy (non-hydrogen) atoms. The Hall–Kier alpha value is -3.15. The van der Waals surface area contributed by atoms with E-state index in [0.29, 0.717) is 17.1 Å². The lowest BCUT2D eigenvalue weighted by molar-refractivity contribution is 0.280. The molecule has 0 radical (unpaired) electrons. The Morgan fingerprint density at radius 2 is 1.83 bits per heavy atom. The van der Waals surface area contributed by atoms with Gasteiger partial charge < -0.3 is 14.7 Å². The number of ether oxygens (including phenoxy) is 2. The highest BCUT2D eigenvalue weighted by molar-refractivity contribution is 5.80. The molecule has 3 rings (SSSR count). The van der Waals surface area contributed by atoms with Gasteiger partial charge in [0.1, 0.15) is 6.61 Å². The Bertz CT molecular complexity index is 894. The molecular weight excluding hydrogens is 306 g/mol. The monoisotopic (exact) mass is 323 g/mol. The first-order valence-electron chi connectivity index (χ1n) is 7.42. The molecule has 6 heteroatoms. The molecule has 3 aromatic rings. The summed E-state index contributed by atoms with van der Waals surface area (Å²) in [6.07, 6.45) is 1.32. The fourth-order valence-electron chi connectivity index (χ4n) is 2.36. The first-order valence-corrected chi connectivity index (χ1v) is 7.42. The first-order chi connectivity index (χ1) is 11.7. The molecule has 1 N–H and O–H groups in total. The van der Waals surface area contributed by atoms with E-state index in [-0.39, 0.29) is 6.61 Å². The Morgan fingerprint density at radius 3 is 2.54 bits per heavy atom. The minimum Gasteiger partial charge on any atom is -0.493 e. The summed E-state index contributed by atoms with van der Waals surface area (Å²) in [5.74, 6) is 1.14. The van der Waals surface area contributed by atoms with Gasteiger partial charge in [0.2, 0.25) is 0 Å². The van der Waals surface area contributed by atoms with Crippen LogP contribution in [-0.4, -0.2) is 28.5 Å². The van der Waals surface area contributed by atoms with Crippen molar-refractivity contribution in [3.05, 3.63) is 59.4 Å². The molecule has 6 nitrogen and oxygen atoms in total. The van der Waals surface area contributed by atoms with Crippen LogP contribution in [0.5, 0.6) is 11.5 Å². The largest absolute Gasteiger partial charge is 0.493 e. The van der Waals surface area contributed by atoms with Crippen LogP contribution in [0, 0.1) is 6.92 Å². The quantitative estimate of drug-likeness (QED) is 0.443. The Balaban J connectivity index is 1.84. The molecule has 0 unspecified atom stereocenters. The number of rotatable bonds is 5. The van der Waals surface area contributed by atoms with E-state index in [4.69, 9.17) is 14.7 Å². The van der Waals surface area contributed by atoms with Crippen LogP contribution in [0.1, 0.15) is 17.0 Å². The van der Waals surface area contributed by atoms with Crippen LogP contribution < -0.4 is 9.47 Å². The minimum atomic E-state index is 0.285. The molecule has 0 spiro atoms. The second-order valence-corrected chi connectivity index (χ2v) is 5.19. The lowest BCUT2D eigenvalue weighted by Crippen LogP contribution is -2.04. The summed E-state index contributed by atoms with van der Waals surface area (Å²) in [6, 6.07) is 13.0. The lowest BCUT2D eigenvalue weighted by Gasteiger charge is -2.12. The Morgan fingerprint density at radius 1 is 1.08 bits per heavy atom. The maximum absolute atomic E-state index is 8.60. The third kappa shape index (κ3) is 3.27. The number of benzene rings is 2. The van der Waals surface area contributed by atoms with Crippen molar-refractivity contribution in [3.63, 3.8) is 0 Å². The van der Waals surface area contributed by atoms with E-state index in [2.05, 4.69) is 15.1 Å². The van der Waals surface area contributed by atoms with Crippen molar-refractivity contribution in [2.24, 2.45) is 5.16 Å². The zero-order valence-corrected chi connectivity index (χ0v) is 13.4. The van der Waals surface area contributed by atoms with E-state index in [0.717, 1.165) is 22.4 Å². The smallest absolute Gasteiger partial charge is 0.161 e. The number of methoxy groups -OCH3 is 1. The summed E-state index contributed by atoms with van der Waals surface area (Å²) in [5.41, 5.74) is 4.02. The van der Waals surface area contributed by atoms with Gasteiger partial charge in [-0.2, -0.15) is 0 Å². The van der Waals surface area contributed by atoms with Gasteiger partial charge in [-0.15, -0.1) is 0 Å². The molecule has 122 valence electrons. The van der Waals surface area contributed by atoms with Crippen molar-refractivity contribution < 1.29 is 14.7 Å². The highest BCUT2D eigenvalue weighted by atomic mass is 16.5. The molecule has 1 heterocycles. The molecule has 0 bridgehead atoms. The molecular formula is C18H17N3O3. The molecule has 0 saturated carbocycles. The van der Waals surface area contributed by atoms with Crippen molar-refractivity contribution in [3.8, 4) is 11.5 Å². The van der Waals surface area contributed by atoms with Crippen LogP contribution in [-0.2, 0) is 6.61 Å². The van der Waals surface area contributed by atoms with Crippen LogP contribution in [0.4, 0.5) is 0 Å². The molecule has 0 aliphatic rings. The van der Waals surface area contributed by atoms with Gasteiger partial charge in [0.05, 0.1) is 35.7 Å². The standard InChI is InChI=1S/C18H17N3O3/c1-12-16(21-15-6-4-3-5-14(15)20-12)11-24-17-8-7-13(10-19-22)9-18(17)23-2/h3-10,22H,11H2,1-2H3. The van der Waals surface area contributed by atoms with Crippen molar-refractivity contribution in [2.45, 2.75) is 13.5 Å². The number of hydrogen-bond acceptors (Lipinski definition) is 6. The van der Waals surface area contributed by atoms with Crippen LogP contribution >= 0.6 is 0 Å². The van der Waals surface area contributed by atoms with Crippen LogP contribution in [0.25, 0.3) is 11.0 Å². The fourth-order valence-corrected chi connectivity index (χ4v) is 2.36. The molecule has 0 aliphatic carbocycles. The maximum atomic E-state index is 8.60. The van der Waals surface area contributed by atoms with Crippen molar-refractivity contribution in [1.29, 1.82) is 0 Å². The number of para-hydroxylation sites is 2. The topological polar surface area (TPSA) is 76.8 Å². The van der Waals surface area contributed by atoms with E-state index >= 15 is 0 Å². The zero-order valence-electron chi connectivity index (χ0n) is 13.4. The van der Waals surface area contributed by atoms with Crippen molar-refractivity contribution >= 4 is 17.2 Å². The average Bonchev–Trinajstić information content (AvgIpc) is 2.60. The Kier molecular flexibility index (Phi) is 4.56. The first kappa shape index (κ1) is 15.7. The van der Waals surface area contributed by atoms with Crippen LogP contribution in [0.3, 0.4) is 0 Å². The van der Waals surface area contributed by atoms with E-state index in [9.17, 15) is 0 Å². The molecule has 2 aromatic carbocycles. The van der Waals surface area contributed by atoms with Gasteiger partial charge in [-0.3, -0.25) is 0 Å². The van der Waals surface area contributed by atoms with E-state index in [1.54, 1.807) is 25.3 Å². The number of aryl methyl sites for hydroxylation is 1. The molecule has 0 atom stereocenters. The number of oxime groups is 1. The summed E-state index contributed by atoms with van der Waals surface area (Å²) < 4.78 is 11.2. The molecule has 1 aromatic heterocycles. The van der Waals surface area contributed by atoms with Gasteiger partial charge in [-0.25, -0.2) is 9.97 Å². The highest BCUT2D eigenvalue weighted by Gasteiger charge is 2.09. The second-order valence-electron chi connectivity index (χ2n) is 5.19. The summed E-state index contributed by atoms with van der Waals surface area (Å²) >= 11 is 0. The Labute approximate surface area is 139 Å². The zero-order chi connectivity index (χ0) is 16.9. The lowest BCUT2D eigenvalue weighted by atomic mass is 10.2. The van der Waals surface area contributed by atoms with Gasteiger partial charge in [-0.1, -0.05) is 17.3 Å². The normalized spacial score (nSPS) is 11.1. The summed E-state index contributed by atoms with van der Waals surface area (Å²) in [7, 11) is 1.56. The maximum Gasteiger partial charge on any atom is 0.161 e. The number of aromatic nitrogens is 2. The number of fused-ring (bicyclic) bond motifs is 1. The second kappa shape index (κ2) is 6.95. The van der Waals surface area contributed by atoms with Crippen molar-refractivity contribution in [2.75, 3.05) is 7.11 Å². The molecule has 0 amide bonds. The van der Waals surface area contributed by atoms with Gasteiger partial charge in [0.15, 0.2) is 11.5 Å². The predicted octanol–water partition coefficient (Wildman–Crippen LogP) is 3.33. The van der Waals surface area contributed by atoms with Crippen molar-refractivity contribution in [1.82, 2.24) is 9.97 Å². The minimum absolute atomic E-state index is 0.285. The predicted molar refractivity (Wildman–Crippen MR) is 91.0 cm³/mol. The van der Waals surface area contributed by atoms with E-state index < -0.39 is 0 Å². The molecule has 0 aliphatic heterocycles. The fraction of sp³-hybridized carbons (Fsp3) is 0.167. The number of nitrogens with zero attached hydrogens (tertiary/aromatic N) is 3. The molecule has 0 saturated heterocycles. The van der Waals surface area contributed by atoms with Gasteiger partial charge in [0, 0.05) is 5.56 Å². The van der Waals surface area contributed by atoms with Crippen LogP contribution in [0.2, 0.25) is 0 Å². The SMILES string of the molecule is COc1cc(C=NO)ccc1OCc1nc2ccccc2nc1C. The van der Waals surface area contributed by atoms with Gasteiger partial charge in [0.25, 0.3) is 0 Å². The summed E-state index contributed by atoms with van der Waals surface area (Å²) in [5, 5.41) is 11.6. The number of hydrogen-bond donors (Lipinski definition) is 1. The molecule has 0 fully saturated rings. The van der Waals surface area contributed by atoms with Crippen LogP contribution in [0.15, 0.2) is 47.6 Å². The average molecular weight is 323 g/mol. The third-order valence-electron chi connectivity index (χ3n) is 3.60. The van der Waals surface area contributed by atoms with Gasteiger partial charge in [-0.05, 0) is 37.3 Å². The van der Waals surface area contributed by atoms with Gasteiger partial charge >= 0.3 is 0 Å². The van der Waals surface area contributed by atoms with E-state index in [1.807, 2.05) is 31.2 Å². The summed E-state index contributed by atoms with van der Waals surface area (Å²) in [6.45, 7) is 2.20. The third-order valence-corrected chi connectivity index (χ3v) is 3.60. The van der Waals surface area contributed by atoms with E-state index in [1.165, 1.54) is 6.21 Å². The highest BCUT2D eigenvalue weighted by Crippen LogP contribution is 2.28. The summed E-state index contributed by atoms with van der Waals surface area (Å²) in [4.78, 5) is 9.16.